The van der Waals surface area contributed by atoms with Crippen molar-refractivity contribution in [3.05, 3.63) is 90.0 Å². The third kappa shape index (κ3) is 3.92. The predicted octanol–water partition coefficient (Wildman–Crippen LogP) is 4.49. The predicted molar refractivity (Wildman–Crippen MR) is 110 cm³/mol. The lowest BCUT2D eigenvalue weighted by Crippen LogP contribution is -2.28. The fraction of sp³-hybridized carbons (Fsp3) is 0.0952. The molecule has 1 heterocycles. The molecule has 1 atom stereocenters. The summed E-state index contributed by atoms with van der Waals surface area (Å²) in [7, 11) is 0. The summed E-state index contributed by atoms with van der Waals surface area (Å²) in [4.78, 5) is 13.2. The molecule has 5 nitrogen and oxygen atoms in total. The second-order valence-electron chi connectivity index (χ2n) is 6.24. The number of rotatable bonds is 4. The molecule has 1 aliphatic rings. The molecule has 3 aromatic rings. The van der Waals surface area contributed by atoms with Crippen LogP contribution in [0, 0.1) is 0 Å². The summed E-state index contributed by atoms with van der Waals surface area (Å²) in [5, 5.41) is 5.70. The van der Waals surface area contributed by atoms with Crippen LogP contribution in [0.2, 0.25) is 0 Å². The van der Waals surface area contributed by atoms with Gasteiger partial charge in [0.25, 0.3) is 0 Å². The van der Waals surface area contributed by atoms with Crippen molar-refractivity contribution in [1.82, 2.24) is 5.32 Å². The number of hydrogen-bond acceptors (Lipinski definition) is 4. The van der Waals surface area contributed by atoms with Gasteiger partial charge in [0.1, 0.15) is 6.17 Å². The smallest absolute Gasteiger partial charge is 0.319 e. The molecular weight excluding hydrogens is 356 g/mol. The van der Waals surface area contributed by atoms with Crippen LogP contribution in [0.15, 0.2) is 83.8 Å². The molecule has 0 saturated heterocycles. The van der Waals surface area contributed by atoms with E-state index in [4.69, 9.17) is 5.73 Å². The minimum absolute atomic E-state index is 0.184. The molecule has 27 heavy (non-hydrogen) atoms. The lowest BCUT2D eigenvalue weighted by Gasteiger charge is -2.22. The molecular formula is C21H20N4OS. The maximum atomic E-state index is 12.1. The third-order valence-corrected chi connectivity index (χ3v) is 5.54. The topological polar surface area (TPSA) is 70.4 Å². The Kier molecular flexibility index (Phi) is 5.00. The number of hydrogen-bond donors (Lipinski definition) is 3. The van der Waals surface area contributed by atoms with Crippen molar-refractivity contribution < 1.29 is 4.79 Å². The van der Waals surface area contributed by atoms with E-state index in [0.29, 0.717) is 6.54 Å². The van der Waals surface area contributed by atoms with Gasteiger partial charge in [-0.2, -0.15) is 0 Å². The van der Waals surface area contributed by atoms with Gasteiger partial charge < -0.3 is 16.4 Å². The van der Waals surface area contributed by atoms with Gasteiger partial charge in [-0.05, 0) is 47.8 Å². The van der Waals surface area contributed by atoms with Crippen molar-refractivity contribution in [3.8, 4) is 0 Å². The highest BCUT2D eigenvalue weighted by atomic mass is 32.2. The molecule has 0 saturated carbocycles. The number of nitrogens with zero attached hydrogens (tertiary/aromatic N) is 1. The minimum atomic E-state index is -0.230. The first-order valence-corrected chi connectivity index (χ1v) is 9.48. The molecule has 1 unspecified atom stereocenters. The molecule has 4 rings (SSSR count). The zero-order chi connectivity index (χ0) is 18.6. The van der Waals surface area contributed by atoms with Gasteiger partial charge in [-0.25, -0.2) is 4.79 Å². The number of carbonyl (C=O) groups excluding carboxylic acids is 1. The van der Waals surface area contributed by atoms with Gasteiger partial charge in [0.2, 0.25) is 0 Å². The van der Waals surface area contributed by atoms with E-state index < -0.39 is 0 Å². The van der Waals surface area contributed by atoms with E-state index in [1.807, 2.05) is 60.7 Å². The first kappa shape index (κ1) is 17.5. The summed E-state index contributed by atoms with van der Waals surface area (Å²) in [6.07, 6.45) is -0.184. The van der Waals surface area contributed by atoms with Crippen molar-refractivity contribution >= 4 is 29.4 Å². The van der Waals surface area contributed by atoms with Gasteiger partial charge >= 0.3 is 6.03 Å². The van der Waals surface area contributed by atoms with Gasteiger partial charge in [-0.3, -0.25) is 4.31 Å². The number of urea groups is 1. The van der Waals surface area contributed by atoms with Crippen LogP contribution in [0.4, 0.5) is 16.2 Å². The summed E-state index contributed by atoms with van der Waals surface area (Å²) in [6, 6.07) is 25.4. The lowest BCUT2D eigenvalue weighted by atomic mass is 10.1. The molecule has 6 heteroatoms. The fourth-order valence-corrected chi connectivity index (χ4v) is 4.08. The van der Waals surface area contributed by atoms with E-state index in [1.165, 1.54) is 4.90 Å². The Labute approximate surface area is 162 Å². The molecule has 136 valence electrons. The van der Waals surface area contributed by atoms with Crippen LogP contribution in [0.25, 0.3) is 0 Å². The van der Waals surface area contributed by atoms with Crippen LogP contribution in [-0.2, 0) is 6.54 Å². The van der Waals surface area contributed by atoms with Crippen LogP contribution in [-0.4, -0.2) is 6.03 Å². The quantitative estimate of drug-likeness (QED) is 0.587. The third-order valence-electron chi connectivity index (χ3n) is 4.34. The van der Waals surface area contributed by atoms with E-state index in [9.17, 15) is 4.79 Å². The number of benzene rings is 3. The number of anilines is 2. The Morgan fingerprint density at radius 2 is 1.78 bits per heavy atom. The fourth-order valence-electron chi connectivity index (χ4n) is 2.99. The number of para-hydroxylation sites is 1. The molecule has 0 aromatic heterocycles. The molecule has 4 N–H and O–H groups in total. The van der Waals surface area contributed by atoms with Gasteiger partial charge in [0, 0.05) is 28.4 Å². The van der Waals surface area contributed by atoms with Crippen molar-refractivity contribution in [2.75, 3.05) is 9.62 Å². The minimum Gasteiger partial charge on any atom is -0.334 e. The first-order chi connectivity index (χ1) is 13.2. The van der Waals surface area contributed by atoms with Crippen LogP contribution in [0.5, 0.6) is 0 Å². The molecule has 2 amide bonds. The van der Waals surface area contributed by atoms with Gasteiger partial charge in [0.05, 0.1) is 0 Å². The van der Waals surface area contributed by atoms with Crippen LogP contribution >= 0.6 is 11.9 Å². The molecule has 0 bridgehead atoms. The highest BCUT2D eigenvalue weighted by Gasteiger charge is 2.28. The van der Waals surface area contributed by atoms with Crippen LogP contribution in [0.1, 0.15) is 17.3 Å². The monoisotopic (exact) mass is 376 g/mol. The maximum Gasteiger partial charge on any atom is 0.319 e. The zero-order valence-electron chi connectivity index (χ0n) is 14.6. The van der Waals surface area contributed by atoms with Crippen molar-refractivity contribution in [3.63, 3.8) is 0 Å². The van der Waals surface area contributed by atoms with Crippen LogP contribution < -0.4 is 20.7 Å². The second kappa shape index (κ2) is 7.73. The zero-order valence-corrected chi connectivity index (χ0v) is 15.4. The first-order valence-electron chi connectivity index (χ1n) is 8.71. The summed E-state index contributed by atoms with van der Waals surface area (Å²) < 4.78 is 2.10. The summed E-state index contributed by atoms with van der Waals surface area (Å²) in [5.74, 6) is 0. The van der Waals surface area contributed by atoms with E-state index >= 15 is 0 Å². The summed E-state index contributed by atoms with van der Waals surface area (Å²) >= 11 is 1.64. The Balaban J connectivity index is 1.41. The average molecular weight is 376 g/mol. The molecule has 3 aromatic carbocycles. The SMILES string of the molecule is NC1c2ccccc2SN1c1cccc(CNC(=O)Nc2ccccc2)c1. The number of carbonyl (C=O) groups is 1. The Bertz CT molecular complexity index is 948. The van der Waals surface area contributed by atoms with E-state index in [2.05, 4.69) is 33.1 Å². The lowest BCUT2D eigenvalue weighted by molar-refractivity contribution is 0.251. The van der Waals surface area contributed by atoms with Gasteiger partial charge in [-0.1, -0.05) is 48.5 Å². The van der Waals surface area contributed by atoms with Crippen molar-refractivity contribution in [2.24, 2.45) is 5.73 Å². The summed E-state index contributed by atoms with van der Waals surface area (Å²) in [5.41, 5.74) is 10.3. The standard InChI is InChI=1S/C21H20N4OS/c22-20-18-11-4-5-12-19(18)27-25(20)17-10-6-7-15(13-17)14-23-21(26)24-16-8-2-1-3-9-16/h1-13,20H,14,22H2,(H2,23,24,26). The molecule has 0 radical (unpaired) electrons. The number of nitrogens with one attached hydrogen (secondary N) is 2. The van der Waals surface area contributed by atoms with Crippen molar-refractivity contribution in [2.45, 2.75) is 17.6 Å². The molecule has 0 fully saturated rings. The Morgan fingerprint density at radius 3 is 2.59 bits per heavy atom. The van der Waals surface area contributed by atoms with Crippen molar-refractivity contribution in [1.29, 1.82) is 0 Å². The Morgan fingerprint density at radius 1 is 1.00 bits per heavy atom. The second-order valence-corrected chi connectivity index (χ2v) is 7.26. The van der Waals surface area contributed by atoms with Gasteiger partial charge in [0.15, 0.2) is 0 Å². The molecule has 1 aliphatic heterocycles. The van der Waals surface area contributed by atoms with E-state index in [0.717, 1.165) is 22.5 Å². The van der Waals surface area contributed by atoms with E-state index in [-0.39, 0.29) is 12.2 Å². The maximum absolute atomic E-state index is 12.1. The van der Waals surface area contributed by atoms with Gasteiger partial charge in [-0.15, -0.1) is 0 Å². The van der Waals surface area contributed by atoms with Crippen LogP contribution in [0.3, 0.4) is 0 Å². The summed E-state index contributed by atoms with van der Waals surface area (Å²) in [6.45, 7) is 0.438. The Hall–Kier alpha value is -2.96. The highest BCUT2D eigenvalue weighted by Crippen LogP contribution is 2.44. The normalized spacial score (nSPS) is 15.3. The number of amides is 2. The van der Waals surface area contributed by atoms with E-state index in [1.54, 1.807) is 11.9 Å². The largest absolute Gasteiger partial charge is 0.334 e. The number of fused-ring (bicyclic) bond motifs is 1. The average Bonchev–Trinajstić information content (AvgIpc) is 3.04. The number of nitrogens with two attached hydrogens (primary N) is 1. The highest BCUT2D eigenvalue weighted by molar-refractivity contribution is 8.01. The molecule has 0 aliphatic carbocycles. The molecule has 0 spiro atoms.